The fourth-order valence-corrected chi connectivity index (χ4v) is 6.97. The molecule has 14 nitrogen and oxygen atoms in total. The molecule has 0 aromatic heterocycles. The number of allylic oxidation sites excluding steroid dienone is 7. The van der Waals surface area contributed by atoms with Crippen molar-refractivity contribution in [3.05, 3.63) is 48.6 Å². The van der Waals surface area contributed by atoms with Crippen molar-refractivity contribution in [1.29, 1.82) is 0 Å². The van der Waals surface area contributed by atoms with Crippen LogP contribution in [0.2, 0.25) is 0 Å². The summed E-state index contributed by atoms with van der Waals surface area (Å²) in [6.45, 7) is 3.83. The number of ether oxygens (including phenoxy) is 2. The van der Waals surface area contributed by atoms with E-state index in [0.29, 0.717) is 6.42 Å². The van der Waals surface area contributed by atoms with E-state index in [9.17, 15) is 33.8 Å². The van der Waals surface area contributed by atoms with Gasteiger partial charge in [0.1, 0.15) is 12.7 Å². The molecule has 0 rings (SSSR count). The molecular formula is C44H80O14P2. The molecule has 0 amide bonds. The summed E-state index contributed by atoms with van der Waals surface area (Å²) in [7, 11) is -9.75. The topological polar surface area (TPSA) is 216 Å². The third-order valence-electron chi connectivity index (χ3n) is 9.24. The number of phosphoric acid groups is 2. The van der Waals surface area contributed by atoms with Crippen molar-refractivity contribution in [2.75, 3.05) is 26.4 Å². The van der Waals surface area contributed by atoms with Crippen LogP contribution in [0, 0.1) is 5.92 Å². The van der Waals surface area contributed by atoms with Crippen LogP contribution in [-0.2, 0) is 41.8 Å². The lowest BCUT2D eigenvalue weighted by Crippen LogP contribution is -2.30. The lowest BCUT2D eigenvalue weighted by Gasteiger charge is -2.20. The molecule has 0 saturated heterocycles. The quantitative estimate of drug-likeness (QED) is 0.0127. The predicted molar refractivity (Wildman–Crippen MR) is 236 cm³/mol. The van der Waals surface area contributed by atoms with Crippen molar-refractivity contribution in [2.24, 2.45) is 5.92 Å². The Morgan fingerprint density at radius 1 is 0.583 bits per heavy atom. The second-order valence-electron chi connectivity index (χ2n) is 15.7. The normalized spacial score (nSPS) is 15.1. The third-order valence-corrected chi connectivity index (χ3v) is 10.7. The van der Waals surface area contributed by atoms with Gasteiger partial charge in [-0.25, -0.2) is 9.13 Å². The molecule has 0 heterocycles. The Hall–Kier alpha value is -1.96. The SMILES string of the molecule is CCCCC/C=C\C/C=C\C/C=C\C=C\[C@H](O)CCCC(=O)O[C@H](COC(=O)CCCCCCCCCCCCCCC(C)C)COP(=O)(O)OC[C@@H](O)COP(=O)(O)O. The first-order chi connectivity index (χ1) is 28.6. The van der Waals surface area contributed by atoms with Gasteiger partial charge in [0, 0.05) is 12.8 Å². The van der Waals surface area contributed by atoms with E-state index in [0.717, 1.165) is 44.4 Å². The van der Waals surface area contributed by atoms with E-state index >= 15 is 0 Å². The fourth-order valence-electron chi connectivity index (χ4n) is 5.81. The van der Waals surface area contributed by atoms with Gasteiger partial charge in [0.25, 0.3) is 0 Å². The largest absolute Gasteiger partial charge is 0.472 e. The van der Waals surface area contributed by atoms with Crippen LogP contribution in [0.4, 0.5) is 0 Å². The number of carbonyl (C=O) groups is 2. The monoisotopic (exact) mass is 895 g/mol. The van der Waals surface area contributed by atoms with Gasteiger partial charge in [-0.3, -0.25) is 23.2 Å². The van der Waals surface area contributed by atoms with Crippen LogP contribution in [0.1, 0.15) is 168 Å². The number of carbonyl (C=O) groups excluding carboxylic acids is 2. The van der Waals surface area contributed by atoms with E-state index in [4.69, 9.17) is 23.8 Å². The van der Waals surface area contributed by atoms with Crippen LogP contribution < -0.4 is 0 Å². The summed E-state index contributed by atoms with van der Waals surface area (Å²) in [5.41, 5.74) is 0. The number of hydrogen-bond acceptors (Lipinski definition) is 11. The zero-order chi connectivity index (χ0) is 44.7. The molecular weight excluding hydrogens is 814 g/mol. The molecule has 350 valence electrons. The van der Waals surface area contributed by atoms with E-state index in [1.54, 1.807) is 12.2 Å². The molecule has 0 spiro atoms. The van der Waals surface area contributed by atoms with Crippen molar-refractivity contribution in [2.45, 2.75) is 187 Å². The highest BCUT2D eigenvalue weighted by Gasteiger charge is 2.28. The Bertz CT molecular complexity index is 1280. The number of esters is 2. The summed E-state index contributed by atoms with van der Waals surface area (Å²) in [6, 6.07) is 0. The van der Waals surface area contributed by atoms with Gasteiger partial charge in [0.2, 0.25) is 0 Å². The molecule has 0 bridgehead atoms. The Morgan fingerprint density at radius 2 is 1.13 bits per heavy atom. The predicted octanol–water partition coefficient (Wildman–Crippen LogP) is 10.3. The van der Waals surface area contributed by atoms with Crippen LogP contribution in [0.25, 0.3) is 0 Å². The van der Waals surface area contributed by atoms with Gasteiger partial charge >= 0.3 is 27.6 Å². The maximum atomic E-state index is 12.7. The number of phosphoric ester groups is 2. The van der Waals surface area contributed by atoms with Gasteiger partial charge in [-0.15, -0.1) is 0 Å². The number of rotatable bonds is 41. The van der Waals surface area contributed by atoms with Gasteiger partial charge < -0.3 is 34.4 Å². The molecule has 5 N–H and O–H groups in total. The minimum atomic E-state index is -4.88. The molecule has 60 heavy (non-hydrogen) atoms. The minimum Gasteiger partial charge on any atom is -0.462 e. The van der Waals surface area contributed by atoms with Crippen molar-refractivity contribution in [3.63, 3.8) is 0 Å². The Morgan fingerprint density at radius 3 is 1.75 bits per heavy atom. The standard InChI is InChI=1S/C44H80O14P2/c1-4-5-6-7-8-9-10-11-15-18-21-24-27-31-40(45)32-29-34-44(48)58-42(38-57-60(52,53)56-36-41(46)35-55-59(49,50)51)37-54-43(47)33-28-25-22-19-16-13-12-14-17-20-23-26-30-39(2)3/h8-9,11,15,21,24,27,31,39-42,45-46H,4-7,10,12-14,16-20,22-23,25-26,28-30,32-38H2,1-3H3,(H,52,53)(H2,49,50,51)/b9-8-,15-11-,24-21-,31-27+/t40-,41-,42+/m0/s1. The van der Waals surface area contributed by atoms with E-state index in [1.807, 2.05) is 12.2 Å². The average Bonchev–Trinajstić information content (AvgIpc) is 3.18. The lowest BCUT2D eigenvalue weighted by atomic mass is 10.0. The molecule has 0 radical (unpaired) electrons. The average molecular weight is 895 g/mol. The van der Waals surface area contributed by atoms with Gasteiger partial charge in [0.05, 0.1) is 25.9 Å². The van der Waals surface area contributed by atoms with Crippen molar-refractivity contribution in [1.82, 2.24) is 0 Å². The first-order valence-corrected chi connectivity index (χ1v) is 25.3. The Kier molecular flexibility index (Phi) is 37.4. The second kappa shape index (κ2) is 38.7. The highest BCUT2D eigenvalue weighted by atomic mass is 31.2. The van der Waals surface area contributed by atoms with E-state index in [-0.39, 0.29) is 25.7 Å². The molecule has 0 aliphatic rings. The molecule has 4 atom stereocenters. The summed E-state index contributed by atoms with van der Waals surface area (Å²) in [5, 5.41) is 20.0. The van der Waals surface area contributed by atoms with Crippen LogP contribution in [0.15, 0.2) is 48.6 Å². The molecule has 0 aliphatic carbocycles. The first-order valence-electron chi connectivity index (χ1n) is 22.3. The highest BCUT2D eigenvalue weighted by molar-refractivity contribution is 7.47. The summed E-state index contributed by atoms with van der Waals surface area (Å²) in [6.07, 6.45) is 34.2. The van der Waals surface area contributed by atoms with Crippen LogP contribution in [-0.4, -0.2) is 81.6 Å². The van der Waals surface area contributed by atoms with Crippen LogP contribution >= 0.6 is 15.6 Å². The fraction of sp³-hybridized carbons (Fsp3) is 0.773. The van der Waals surface area contributed by atoms with Gasteiger partial charge in [-0.05, 0) is 50.9 Å². The van der Waals surface area contributed by atoms with E-state index in [2.05, 4.69) is 54.1 Å². The molecule has 0 fully saturated rings. The van der Waals surface area contributed by atoms with Crippen molar-refractivity contribution < 1.29 is 66.7 Å². The minimum absolute atomic E-state index is 0.0967. The molecule has 0 aliphatic heterocycles. The molecule has 0 saturated carbocycles. The molecule has 1 unspecified atom stereocenters. The van der Waals surface area contributed by atoms with Gasteiger partial charge in [-0.2, -0.15) is 0 Å². The van der Waals surface area contributed by atoms with Crippen LogP contribution in [0.3, 0.4) is 0 Å². The van der Waals surface area contributed by atoms with E-state index in [1.165, 1.54) is 77.0 Å². The molecule has 0 aromatic carbocycles. The number of aliphatic hydroxyl groups excluding tert-OH is 2. The Balaban J connectivity index is 4.70. The summed E-state index contributed by atoms with van der Waals surface area (Å²) < 4.78 is 47.6. The van der Waals surface area contributed by atoms with Gasteiger partial charge in [-0.1, -0.05) is 159 Å². The Labute approximate surface area is 361 Å². The highest BCUT2D eigenvalue weighted by Crippen LogP contribution is 2.43. The smallest absolute Gasteiger partial charge is 0.462 e. The van der Waals surface area contributed by atoms with Gasteiger partial charge in [0.15, 0.2) is 6.10 Å². The summed E-state index contributed by atoms with van der Waals surface area (Å²) >= 11 is 0. The van der Waals surface area contributed by atoms with E-state index < -0.39 is 72.3 Å². The lowest BCUT2D eigenvalue weighted by molar-refractivity contribution is -0.161. The van der Waals surface area contributed by atoms with Crippen molar-refractivity contribution in [3.8, 4) is 0 Å². The second-order valence-corrected chi connectivity index (χ2v) is 18.3. The number of aliphatic hydroxyl groups is 2. The zero-order valence-corrected chi connectivity index (χ0v) is 38.6. The van der Waals surface area contributed by atoms with Crippen molar-refractivity contribution >= 4 is 27.6 Å². The summed E-state index contributed by atoms with van der Waals surface area (Å²) in [4.78, 5) is 52.7. The first kappa shape index (κ1) is 58.0. The number of hydrogen-bond donors (Lipinski definition) is 5. The molecule has 16 heteroatoms. The third kappa shape index (κ3) is 42.7. The maximum absolute atomic E-state index is 12.7. The summed E-state index contributed by atoms with van der Waals surface area (Å²) in [5.74, 6) is -0.446. The zero-order valence-electron chi connectivity index (χ0n) is 36.8. The maximum Gasteiger partial charge on any atom is 0.472 e. The van der Waals surface area contributed by atoms with Crippen LogP contribution in [0.5, 0.6) is 0 Å². The molecule has 0 aromatic rings. The number of unbranched alkanes of at least 4 members (excludes halogenated alkanes) is 14.